The fourth-order valence-electron chi connectivity index (χ4n) is 4.08. The molecule has 2 heterocycles. The minimum absolute atomic E-state index is 0.168. The van der Waals surface area contributed by atoms with Gasteiger partial charge in [0, 0.05) is 17.9 Å². The molecule has 35 heavy (non-hydrogen) atoms. The highest BCUT2D eigenvalue weighted by Crippen LogP contribution is 2.29. The number of pyridine rings is 1. The molecule has 0 unspecified atom stereocenters. The first-order chi connectivity index (χ1) is 16.6. The van der Waals surface area contributed by atoms with Crippen LogP contribution in [-0.2, 0) is 20.6 Å². The Morgan fingerprint density at radius 2 is 1.91 bits per heavy atom. The molecule has 0 atom stereocenters. The van der Waals surface area contributed by atoms with Crippen molar-refractivity contribution in [2.24, 2.45) is 5.92 Å². The molecule has 0 radical (unpaired) electrons. The van der Waals surface area contributed by atoms with Crippen LogP contribution in [0.4, 0.5) is 10.2 Å². The van der Waals surface area contributed by atoms with E-state index >= 15 is 0 Å². The first kappa shape index (κ1) is 26.4. The van der Waals surface area contributed by atoms with Crippen LogP contribution in [0.15, 0.2) is 24.3 Å². The zero-order valence-electron chi connectivity index (χ0n) is 20.1. The number of nitrogens with one attached hydrogen (secondary N) is 1. The lowest BCUT2D eigenvalue weighted by Crippen LogP contribution is -2.45. The summed E-state index contributed by atoms with van der Waals surface area (Å²) in [5.41, 5.74) is 0.805. The molecule has 0 aliphatic carbocycles. The van der Waals surface area contributed by atoms with Gasteiger partial charge in [-0.05, 0) is 69.5 Å². The van der Waals surface area contributed by atoms with E-state index in [1.54, 1.807) is 13.8 Å². The van der Waals surface area contributed by atoms with E-state index in [2.05, 4.69) is 10.3 Å². The van der Waals surface area contributed by atoms with Gasteiger partial charge in [-0.1, -0.05) is 19.1 Å². The van der Waals surface area contributed by atoms with Crippen molar-refractivity contribution in [2.75, 3.05) is 17.4 Å². The smallest absolute Gasteiger partial charge is 0.247 e. The Kier molecular flexibility index (Phi) is 8.35. The molecule has 1 saturated heterocycles. The predicted octanol–water partition coefficient (Wildman–Crippen LogP) is 3.55. The molecule has 1 aliphatic heterocycles. The molecule has 8 nitrogen and oxygen atoms in total. The summed E-state index contributed by atoms with van der Waals surface area (Å²) in [6, 6.07) is 7.29. The average Bonchev–Trinajstić information content (AvgIpc) is 2.82. The lowest BCUT2D eigenvalue weighted by Gasteiger charge is -2.29. The third-order valence-corrected chi connectivity index (χ3v) is 7.64. The van der Waals surface area contributed by atoms with Crippen molar-refractivity contribution in [3.63, 3.8) is 0 Å². The number of carbonyl (C=O) groups is 2. The number of piperidine rings is 1. The van der Waals surface area contributed by atoms with Gasteiger partial charge in [0.1, 0.15) is 11.9 Å². The van der Waals surface area contributed by atoms with Gasteiger partial charge in [0.2, 0.25) is 15.9 Å². The molecule has 3 rings (SSSR count). The molecular weight excluding hydrogens is 471 g/mol. The number of nitrogens with zero attached hydrogens (tertiary/aromatic N) is 3. The Balaban J connectivity index is 2.13. The fraction of sp³-hybridized carbons (Fsp3) is 0.440. The van der Waals surface area contributed by atoms with Gasteiger partial charge >= 0.3 is 0 Å². The second-order valence-electron chi connectivity index (χ2n) is 8.74. The van der Waals surface area contributed by atoms with Crippen LogP contribution in [0.1, 0.15) is 65.3 Å². The number of ketones is 1. The second kappa shape index (κ2) is 11.1. The SMILES string of the molecule is CCCC(=O)c1cc(C#N)c(N(C(=O)C2CCNCC2)S(=O)(=O)Cc2ccc(C)c(F)c2)nc1C. The number of nitriles is 1. The summed E-state index contributed by atoms with van der Waals surface area (Å²) in [5.74, 6) is -3.02. The largest absolute Gasteiger partial charge is 0.317 e. The lowest BCUT2D eigenvalue weighted by molar-refractivity contribution is -0.121. The monoisotopic (exact) mass is 500 g/mol. The number of halogens is 1. The summed E-state index contributed by atoms with van der Waals surface area (Å²) in [6.45, 7) is 6.06. The summed E-state index contributed by atoms with van der Waals surface area (Å²) < 4.78 is 42.0. The van der Waals surface area contributed by atoms with Gasteiger partial charge in [-0.2, -0.15) is 9.57 Å². The van der Waals surface area contributed by atoms with Crippen molar-refractivity contribution >= 4 is 27.5 Å². The molecule has 0 saturated carbocycles. The molecule has 1 aromatic carbocycles. The van der Waals surface area contributed by atoms with Crippen LogP contribution in [0.5, 0.6) is 0 Å². The minimum Gasteiger partial charge on any atom is -0.317 e. The maximum atomic E-state index is 14.1. The number of hydrogen-bond donors (Lipinski definition) is 1. The number of amides is 1. The quantitative estimate of drug-likeness (QED) is 0.550. The van der Waals surface area contributed by atoms with Gasteiger partial charge in [-0.25, -0.2) is 17.8 Å². The Morgan fingerprint density at radius 1 is 1.23 bits per heavy atom. The number of benzene rings is 1. The number of carbonyl (C=O) groups excluding carboxylic acids is 2. The van der Waals surface area contributed by atoms with Crippen molar-refractivity contribution in [3.8, 4) is 6.07 Å². The van der Waals surface area contributed by atoms with E-state index in [0.717, 1.165) is 6.07 Å². The van der Waals surface area contributed by atoms with E-state index in [9.17, 15) is 27.7 Å². The molecule has 2 aromatic rings. The minimum atomic E-state index is -4.40. The predicted molar refractivity (Wildman–Crippen MR) is 130 cm³/mol. The molecule has 1 aliphatic rings. The zero-order valence-corrected chi connectivity index (χ0v) is 20.9. The topological polar surface area (TPSA) is 120 Å². The Bertz CT molecular complexity index is 1280. The number of sulfonamides is 1. The molecule has 1 amide bonds. The van der Waals surface area contributed by atoms with Gasteiger partial charge in [0.15, 0.2) is 11.6 Å². The van der Waals surface area contributed by atoms with E-state index in [4.69, 9.17) is 0 Å². The van der Waals surface area contributed by atoms with Crippen LogP contribution in [0.2, 0.25) is 0 Å². The standard InChI is InChI=1S/C25H29FN4O4S/c1-4-5-23(31)21-13-20(14-27)24(29-17(21)3)30(25(32)19-8-10-28-11-9-19)35(33,34)15-18-7-6-16(2)22(26)12-18/h6-7,12-13,19,28H,4-5,8-11,15H2,1-3H3. The van der Waals surface area contributed by atoms with Crippen molar-refractivity contribution < 1.29 is 22.4 Å². The number of hydrogen-bond acceptors (Lipinski definition) is 7. The highest BCUT2D eigenvalue weighted by molar-refractivity contribution is 7.92. The summed E-state index contributed by atoms with van der Waals surface area (Å²) >= 11 is 0. The second-order valence-corrected chi connectivity index (χ2v) is 10.6. The van der Waals surface area contributed by atoms with Crippen LogP contribution < -0.4 is 9.62 Å². The van der Waals surface area contributed by atoms with Crippen molar-refractivity contribution in [2.45, 2.75) is 52.2 Å². The van der Waals surface area contributed by atoms with Crippen molar-refractivity contribution in [1.82, 2.24) is 10.3 Å². The number of anilines is 1. The zero-order chi connectivity index (χ0) is 25.8. The van der Waals surface area contributed by atoms with Gasteiger partial charge in [0.25, 0.3) is 0 Å². The molecule has 186 valence electrons. The average molecular weight is 501 g/mol. The van der Waals surface area contributed by atoms with Crippen molar-refractivity contribution in [1.29, 1.82) is 5.26 Å². The van der Waals surface area contributed by atoms with E-state index in [-0.39, 0.29) is 40.4 Å². The first-order valence-electron chi connectivity index (χ1n) is 11.6. The van der Waals surface area contributed by atoms with Crippen molar-refractivity contribution in [3.05, 3.63) is 58.0 Å². The molecule has 0 spiro atoms. The van der Waals surface area contributed by atoms with Gasteiger partial charge < -0.3 is 5.32 Å². The lowest BCUT2D eigenvalue weighted by atomic mass is 9.97. The number of Topliss-reactive ketones (excluding diaryl/α,β-unsaturated/α-hetero) is 1. The molecule has 1 aromatic heterocycles. The molecule has 1 fully saturated rings. The molecule has 0 bridgehead atoms. The highest BCUT2D eigenvalue weighted by atomic mass is 32.2. The molecule has 1 N–H and O–H groups in total. The van der Waals surface area contributed by atoms with Gasteiger partial charge in [-0.3, -0.25) is 9.59 Å². The van der Waals surface area contributed by atoms with E-state index < -0.39 is 33.4 Å². The Hall–Kier alpha value is -3.16. The van der Waals surface area contributed by atoms with E-state index in [0.29, 0.717) is 42.2 Å². The van der Waals surface area contributed by atoms with E-state index in [1.165, 1.54) is 18.2 Å². The summed E-state index contributed by atoms with van der Waals surface area (Å²) in [4.78, 5) is 30.4. The summed E-state index contributed by atoms with van der Waals surface area (Å²) in [7, 11) is -4.40. The normalized spacial score (nSPS) is 14.4. The van der Waals surface area contributed by atoms with Crippen LogP contribution in [-0.4, -0.2) is 38.2 Å². The summed E-state index contributed by atoms with van der Waals surface area (Å²) in [6.07, 6.45) is 1.71. The maximum Gasteiger partial charge on any atom is 0.247 e. The Labute approximate surface area is 205 Å². The van der Waals surface area contributed by atoms with Crippen LogP contribution >= 0.6 is 0 Å². The molecule has 10 heteroatoms. The Morgan fingerprint density at radius 3 is 2.51 bits per heavy atom. The third-order valence-electron chi connectivity index (χ3n) is 6.04. The maximum absolute atomic E-state index is 14.1. The first-order valence-corrected chi connectivity index (χ1v) is 13.2. The van der Waals surface area contributed by atoms with Crippen LogP contribution in [0.3, 0.4) is 0 Å². The van der Waals surface area contributed by atoms with Crippen LogP contribution in [0.25, 0.3) is 0 Å². The van der Waals surface area contributed by atoms with Gasteiger partial charge in [0.05, 0.1) is 17.0 Å². The summed E-state index contributed by atoms with van der Waals surface area (Å²) in [5, 5.41) is 12.9. The fourth-order valence-corrected chi connectivity index (χ4v) is 5.64. The van der Waals surface area contributed by atoms with Gasteiger partial charge in [-0.15, -0.1) is 0 Å². The number of aryl methyl sites for hydroxylation is 2. The highest BCUT2D eigenvalue weighted by Gasteiger charge is 2.37. The van der Waals surface area contributed by atoms with Crippen LogP contribution in [0, 0.1) is 36.9 Å². The number of rotatable bonds is 8. The number of aromatic nitrogens is 1. The van der Waals surface area contributed by atoms with E-state index in [1.807, 2.05) is 13.0 Å². The molecular formula is C25H29FN4O4S. The third kappa shape index (κ3) is 5.92.